The lowest BCUT2D eigenvalue weighted by Gasteiger charge is -2.47. The fraction of sp³-hybridized carbons (Fsp3) is 1.00. The first-order chi connectivity index (χ1) is 7.58. The Labute approximate surface area is 99.4 Å². The lowest BCUT2D eigenvalue weighted by atomic mass is 9.65. The Morgan fingerprint density at radius 1 is 1.31 bits per heavy atom. The molecule has 0 spiro atoms. The molecule has 16 heavy (non-hydrogen) atoms. The van der Waals surface area contributed by atoms with Crippen molar-refractivity contribution in [3.8, 4) is 0 Å². The maximum absolute atomic E-state index is 10.7. The van der Waals surface area contributed by atoms with E-state index in [9.17, 15) is 5.11 Å². The number of hydrogen-bond donors (Lipinski definition) is 2. The van der Waals surface area contributed by atoms with E-state index in [0.29, 0.717) is 6.54 Å². The minimum atomic E-state index is -0.638. The first-order valence-corrected chi connectivity index (χ1v) is 6.58. The second-order valence-electron chi connectivity index (χ2n) is 5.33. The first-order valence-electron chi connectivity index (χ1n) is 6.58. The Morgan fingerprint density at radius 3 is 2.44 bits per heavy atom. The van der Waals surface area contributed by atoms with E-state index < -0.39 is 5.60 Å². The summed E-state index contributed by atoms with van der Waals surface area (Å²) in [6, 6.07) is 0. The average molecular weight is 229 g/mol. The van der Waals surface area contributed by atoms with Gasteiger partial charge in [-0.2, -0.15) is 0 Å². The number of unbranched alkanes of at least 4 members (excludes halogenated alkanes) is 2. The zero-order valence-electron chi connectivity index (χ0n) is 10.8. The van der Waals surface area contributed by atoms with Crippen LogP contribution in [0.4, 0.5) is 0 Å². The van der Waals surface area contributed by atoms with Gasteiger partial charge in [-0.1, -0.05) is 26.2 Å². The number of hydrogen-bond acceptors (Lipinski definition) is 3. The van der Waals surface area contributed by atoms with Gasteiger partial charge in [0.05, 0.1) is 5.60 Å². The molecule has 1 heterocycles. The molecule has 1 saturated heterocycles. The van der Waals surface area contributed by atoms with Crippen LogP contribution in [0.3, 0.4) is 0 Å². The lowest BCUT2D eigenvalue weighted by Crippen LogP contribution is -2.53. The molecule has 1 atom stereocenters. The molecule has 1 fully saturated rings. The third kappa shape index (κ3) is 2.96. The Hall–Kier alpha value is -0.120. The summed E-state index contributed by atoms with van der Waals surface area (Å²) < 4.78 is 5.38. The number of nitrogens with two attached hydrogens (primary N) is 1. The van der Waals surface area contributed by atoms with E-state index in [1.54, 1.807) is 0 Å². The molecule has 0 bridgehead atoms. The van der Waals surface area contributed by atoms with Crippen molar-refractivity contribution in [3.05, 3.63) is 0 Å². The number of rotatable bonds is 6. The van der Waals surface area contributed by atoms with Gasteiger partial charge in [0.1, 0.15) is 0 Å². The highest BCUT2D eigenvalue weighted by molar-refractivity contribution is 4.98. The predicted octanol–water partition coefficient (Wildman–Crippen LogP) is 2.07. The molecular weight excluding hydrogens is 202 g/mol. The summed E-state index contributed by atoms with van der Waals surface area (Å²) >= 11 is 0. The molecule has 0 amide bonds. The molecule has 1 rings (SSSR count). The maximum atomic E-state index is 10.7. The van der Waals surface area contributed by atoms with Crippen LogP contribution in [0.2, 0.25) is 0 Å². The van der Waals surface area contributed by atoms with Gasteiger partial charge in [-0.15, -0.1) is 0 Å². The van der Waals surface area contributed by atoms with Crippen LogP contribution < -0.4 is 5.73 Å². The highest BCUT2D eigenvalue weighted by atomic mass is 16.5. The van der Waals surface area contributed by atoms with Crippen molar-refractivity contribution in [2.75, 3.05) is 19.8 Å². The fourth-order valence-corrected chi connectivity index (χ4v) is 2.71. The number of aliphatic hydroxyl groups is 1. The Balaban J connectivity index is 2.60. The van der Waals surface area contributed by atoms with Crippen molar-refractivity contribution < 1.29 is 9.84 Å². The van der Waals surface area contributed by atoms with E-state index in [4.69, 9.17) is 10.5 Å². The van der Waals surface area contributed by atoms with Gasteiger partial charge in [0.25, 0.3) is 0 Å². The molecule has 1 aliphatic rings. The highest BCUT2D eigenvalue weighted by Gasteiger charge is 2.46. The van der Waals surface area contributed by atoms with Crippen LogP contribution in [0.5, 0.6) is 0 Å². The summed E-state index contributed by atoms with van der Waals surface area (Å²) in [5.41, 5.74) is 5.15. The zero-order valence-corrected chi connectivity index (χ0v) is 10.8. The Morgan fingerprint density at radius 2 is 1.94 bits per heavy atom. The van der Waals surface area contributed by atoms with Crippen LogP contribution in [-0.4, -0.2) is 30.5 Å². The summed E-state index contributed by atoms with van der Waals surface area (Å²) in [5, 5.41) is 10.7. The summed E-state index contributed by atoms with van der Waals surface area (Å²) in [6.07, 6.45) is 6.11. The van der Waals surface area contributed by atoms with Gasteiger partial charge < -0.3 is 15.6 Å². The largest absolute Gasteiger partial charge is 0.390 e. The SMILES string of the molecule is CCCCCC(C)(O)C1(CN)CCOCC1. The molecule has 1 unspecified atom stereocenters. The summed E-state index contributed by atoms with van der Waals surface area (Å²) in [6.45, 7) is 6.18. The van der Waals surface area contributed by atoms with Crippen molar-refractivity contribution in [1.82, 2.24) is 0 Å². The van der Waals surface area contributed by atoms with Crippen molar-refractivity contribution in [2.24, 2.45) is 11.1 Å². The predicted molar refractivity (Wildman–Crippen MR) is 66.3 cm³/mol. The quantitative estimate of drug-likeness (QED) is 0.686. The van der Waals surface area contributed by atoms with Crippen LogP contribution in [-0.2, 0) is 4.74 Å². The van der Waals surface area contributed by atoms with Crippen LogP contribution in [0.15, 0.2) is 0 Å². The van der Waals surface area contributed by atoms with Gasteiger partial charge in [0.2, 0.25) is 0 Å². The molecule has 0 aromatic carbocycles. The van der Waals surface area contributed by atoms with Crippen LogP contribution in [0.1, 0.15) is 52.4 Å². The van der Waals surface area contributed by atoms with Gasteiger partial charge >= 0.3 is 0 Å². The van der Waals surface area contributed by atoms with Crippen molar-refractivity contribution in [1.29, 1.82) is 0 Å². The second kappa shape index (κ2) is 5.99. The minimum absolute atomic E-state index is 0.126. The molecule has 3 nitrogen and oxygen atoms in total. The van der Waals surface area contributed by atoms with Crippen LogP contribution >= 0.6 is 0 Å². The van der Waals surface area contributed by atoms with Gasteiger partial charge in [-0.3, -0.25) is 0 Å². The van der Waals surface area contributed by atoms with E-state index in [0.717, 1.165) is 38.9 Å². The monoisotopic (exact) mass is 229 g/mol. The standard InChI is InChI=1S/C13H27NO2/c1-3-4-5-6-12(2,15)13(11-14)7-9-16-10-8-13/h15H,3-11,14H2,1-2H3. The topological polar surface area (TPSA) is 55.5 Å². The van der Waals surface area contributed by atoms with E-state index in [1.165, 1.54) is 12.8 Å². The van der Waals surface area contributed by atoms with Crippen LogP contribution in [0, 0.1) is 5.41 Å². The molecular formula is C13H27NO2. The van der Waals surface area contributed by atoms with E-state index in [1.807, 2.05) is 6.92 Å². The van der Waals surface area contributed by atoms with E-state index in [-0.39, 0.29) is 5.41 Å². The Bertz CT molecular complexity index is 198. The van der Waals surface area contributed by atoms with Gasteiger partial charge in [0, 0.05) is 25.2 Å². The average Bonchev–Trinajstić information content (AvgIpc) is 2.30. The molecule has 0 aromatic rings. The summed E-state index contributed by atoms with van der Waals surface area (Å²) in [5.74, 6) is 0. The minimum Gasteiger partial charge on any atom is -0.390 e. The highest BCUT2D eigenvalue weighted by Crippen LogP contribution is 2.42. The van der Waals surface area contributed by atoms with Crippen molar-refractivity contribution in [2.45, 2.75) is 58.0 Å². The molecule has 0 radical (unpaired) electrons. The smallest absolute Gasteiger partial charge is 0.0689 e. The van der Waals surface area contributed by atoms with Gasteiger partial charge in [-0.05, 0) is 26.2 Å². The van der Waals surface area contributed by atoms with Gasteiger partial charge in [-0.25, -0.2) is 0 Å². The lowest BCUT2D eigenvalue weighted by molar-refractivity contribution is -0.123. The molecule has 1 aliphatic heterocycles. The molecule has 0 aromatic heterocycles. The molecule has 3 N–H and O–H groups in total. The molecule has 3 heteroatoms. The normalized spacial score (nSPS) is 24.0. The first kappa shape index (κ1) is 13.9. The van der Waals surface area contributed by atoms with E-state index >= 15 is 0 Å². The second-order valence-corrected chi connectivity index (χ2v) is 5.33. The third-order valence-electron chi connectivity index (χ3n) is 4.25. The number of ether oxygens (including phenoxy) is 1. The van der Waals surface area contributed by atoms with Crippen molar-refractivity contribution in [3.63, 3.8) is 0 Å². The molecule has 96 valence electrons. The van der Waals surface area contributed by atoms with Gasteiger partial charge in [0.15, 0.2) is 0 Å². The summed E-state index contributed by atoms with van der Waals surface area (Å²) in [4.78, 5) is 0. The van der Waals surface area contributed by atoms with E-state index in [2.05, 4.69) is 6.92 Å². The van der Waals surface area contributed by atoms with Crippen molar-refractivity contribution >= 4 is 0 Å². The Kier molecular flexibility index (Phi) is 5.22. The third-order valence-corrected chi connectivity index (χ3v) is 4.25. The summed E-state index contributed by atoms with van der Waals surface area (Å²) in [7, 11) is 0. The maximum Gasteiger partial charge on any atom is 0.0689 e. The molecule has 0 aliphatic carbocycles. The fourth-order valence-electron chi connectivity index (χ4n) is 2.71. The molecule has 0 saturated carbocycles. The zero-order chi connectivity index (χ0) is 12.1. The van der Waals surface area contributed by atoms with Crippen LogP contribution in [0.25, 0.3) is 0 Å².